The maximum Gasteiger partial charge on any atom is 0.126 e. The highest BCUT2D eigenvalue weighted by Crippen LogP contribution is 2.26. The number of hydrogen-bond donors (Lipinski definition) is 2. The first-order valence-corrected chi connectivity index (χ1v) is 5.89. The van der Waals surface area contributed by atoms with Crippen molar-refractivity contribution in [3.05, 3.63) is 35.4 Å². The molecular formula is C13H19F2NO. The Balaban J connectivity index is 2.72. The van der Waals surface area contributed by atoms with E-state index in [1.54, 1.807) is 0 Å². The Morgan fingerprint density at radius 1 is 1.18 bits per heavy atom. The lowest BCUT2D eigenvalue weighted by Gasteiger charge is -2.17. The van der Waals surface area contributed by atoms with Gasteiger partial charge in [-0.05, 0) is 42.9 Å². The van der Waals surface area contributed by atoms with E-state index in [0.717, 1.165) is 18.9 Å². The molecule has 2 atom stereocenters. The van der Waals surface area contributed by atoms with Crippen molar-refractivity contribution in [3.8, 4) is 0 Å². The summed E-state index contributed by atoms with van der Waals surface area (Å²) in [5.41, 5.74) is 6.28. The molecule has 0 aromatic heterocycles. The second-order valence-electron chi connectivity index (χ2n) is 4.33. The maximum atomic E-state index is 13.1. The summed E-state index contributed by atoms with van der Waals surface area (Å²) >= 11 is 0. The molecule has 17 heavy (non-hydrogen) atoms. The lowest BCUT2D eigenvalue weighted by Crippen LogP contribution is -2.24. The van der Waals surface area contributed by atoms with E-state index in [1.165, 1.54) is 12.1 Å². The van der Waals surface area contributed by atoms with E-state index in [-0.39, 0.29) is 18.6 Å². The fourth-order valence-corrected chi connectivity index (χ4v) is 1.92. The Kier molecular flexibility index (Phi) is 5.51. The SMILES string of the molecule is CCC(CCC(N)CO)c1cc(F)cc(F)c1. The molecule has 0 amide bonds. The number of aliphatic hydroxyl groups excluding tert-OH is 1. The number of hydrogen-bond acceptors (Lipinski definition) is 2. The molecule has 0 bridgehead atoms. The van der Waals surface area contributed by atoms with Crippen molar-refractivity contribution < 1.29 is 13.9 Å². The summed E-state index contributed by atoms with van der Waals surface area (Å²) in [5.74, 6) is -1.02. The first-order chi connectivity index (χ1) is 8.06. The van der Waals surface area contributed by atoms with Gasteiger partial charge < -0.3 is 10.8 Å². The molecule has 0 spiro atoms. The highest BCUT2D eigenvalue weighted by atomic mass is 19.1. The molecule has 4 heteroatoms. The zero-order chi connectivity index (χ0) is 12.8. The second kappa shape index (κ2) is 6.67. The van der Waals surface area contributed by atoms with Gasteiger partial charge in [0.1, 0.15) is 11.6 Å². The molecule has 0 saturated carbocycles. The van der Waals surface area contributed by atoms with Crippen molar-refractivity contribution in [2.24, 2.45) is 5.73 Å². The third-order valence-corrected chi connectivity index (χ3v) is 2.97. The van der Waals surface area contributed by atoms with Gasteiger partial charge in [0.05, 0.1) is 6.61 Å². The van der Waals surface area contributed by atoms with Gasteiger partial charge in [-0.1, -0.05) is 6.92 Å². The summed E-state index contributed by atoms with van der Waals surface area (Å²) in [5, 5.41) is 8.83. The Morgan fingerprint density at radius 3 is 2.24 bits per heavy atom. The Bertz CT molecular complexity index is 337. The molecule has 2 nitrogen and oxygen atoms in total. The van der Waals surface area contributed by atoms with Gasteiger partial charge in [0.15, 0.2) is 0 Å². The smallest absolute Gasteiger partial charge is 0.126 e. The average molecular weight is 243 g/mol. The highest BCUT2D eigenvalue weighted by molar-refractivity contribution is 5.21. The summed E-state index contributed by atoms with van der Waals surface area (Å²) in [7, 11) is 0. The highest BCUT2D eigenvalue weighted by Gasteiger charge is 2.13. The lowest BCUT2D eigenvalue weighted by molar-refractivity contribution is 0.255. The number of halogens is 2. The summed E-state index contributed by atoms with van der Waals surface area (Å²) in [6, 6.07) is 3.33. The topological polar surface area (TPSA) is 46.2 Å². The predicted octanol–water partition coefficient (Wildman–Crippen LogP) is 2.56. The number of nitrogens with two attached hydrogens (primary N) is 1. The number of rotatable bonds is 6. The van der Waals surface area contributed by atoms with Crippen LogP contribution in [0.4, 0.5) is 8.78 Å². The van der Waals surface area contributed by atoms with Gasteiger partial charge in [-0.25, -0.2) is 8.78 Å². The van der Waals surface area contributed by atoms with E-state index >= 15 is 0 Å². The van der Waals surface area contributed by atoms with E-state index in [9.17, 15) is 8.78 Å². The standard InChI is InChI=1S/C13H19F2NO/c1-2-9(3-4-13(16)8-17)10-5-11(14)7-12(15)6-10/h5-7,9,13,17H,2-4,8,16H2,1H3. The van der Waals surface area contributed by atoms with Gasteiger partial charge in [0.2, 0.25) is 0 Å². The van der Waals surface area contributed by atoms with Crippen LogP contribution in [0.2, 0.25) is 0 Å². The molecule has 96 valence electrons. The summed E-state index contributed by atoms with van der Waals surface area (Å²) in [6.45, 7) is 1.91. The Hall–Kier alpha value is -1.00. The van der Waals surface area contributed by atoms with Crippen molar-refractivity contribution >= 4 is 0 Å². The van der Waals surface area contributed by atoms with Crippen LogP contribution in [-0.4, -0.2) is 17.8 Å². The maximum absolute atomic E-state index is 13.1. The molecule has 2 unspecified atom stereocenters. The van der Waals surface area contributed by atoms with Crippen LogP contribution in [0.1, 0.15) is 37.7 Å². The fraction of sp³-hybridized carbons (Fsp3) is 0.538. The minimum absolute atomic E-state index is 0.0616. The second-order valence-corrected chi connectivity index (χ2v) is 4.33. The van der Waals surface area contributed by atoms with Gasteiger partial charge >= 0.3 is 0 Å². The van der Waals surface area contributed by atoms with Crippen LogP contribution in [0.25, 0.3) is 0 Å². The van der Waals surface area contributed by atoms with Crippen molar-refractivity contribution in [3.63, 3.8) is 0 Å². The molecule has 1 aromatic rings. The Morgan fingerprint density at radius 2 is 1.76 bits per heavy atom. The summed E-state index contributed by atoms with van der Waals surface area (Å²) in [4.78, 5) is 0. The first-order valence-electron chi connectivity index (χ1n) is 5.89. The lowest BCUT2D eigenvalue weighted by atomic mass is 9.90. The van der Waals surface area contributed by atoms with Crippen LogP contribution in [0, 0.1) is 11.6 Å². The van der Waals surface area contributed by atoms with Gasteiger partial charge in [-0.15, -0.1) is 0 Å². The largest absolute Gasteiger partial charge is 0.395 e. The summed E-state index contributed by atoms with van der Waals surface area (Å²) < 4.78 is 26.2. The Labute approximate surface area is 100 Å². The normalized spacial score (nSPS) is 14.6. The minimum atomic E-state index is -0.551. The van der Waals surface area contributed by atoms with Crippen LogP contribution >= 0.6 is 0 Å². The van der Waals surface area contributed by atoms with Crippen molar-refractivity contribution in [2.45, 2.75) is 38.1 Å². The van der Waals surface area contributed by atoms with Gasteiger partial charge in [0.25, 0.3) is 0 Å². The average Bonchev–Trinajstić information content (AvgIpc) is 2.28. The van der Waals surface area contributed by atoms with E-state index in [1.807, 2.05) is 6.92 Å². The van der Waals surface area contributed by atoms with Crippen molar-refractivity contribution in [2.75, 3.05) is 6.61 Å². The molecule has 0 aliphatic carbocycles. The van der Waals surface area contributed by atoms with Crippen molar-refractivity contribution in [1.82, 2.24) is 0 Å². The van der Waals surface area contributed by atoms with Gasteiger partial charge in [0, 0.05) is 12.1 Å². The molecule has 1 aromatic carbocycles. The van der Waals surface area contributed by atoms with Crippen LogP contribution < -0.4 is 5.73 Å². The molecule has 0 radical (unpaired) electrons. The minimum Gasteiger partial charge on any atom is -0.395 e. The monoisotopic (exact) mass is 243 g/mol. The third-order valence-electron chi connectivity index (χ3n) is 2.97. The first kappa shape index (κ1) is 14.1. The molecular weight excluding hydrogens is 224 g/mol. The third kappa shape index (κ3) is 4.40. The fourth-order valence-electron chi connectivity index (χ4n) is 1.92. The predicted molar refractivity (Wildman–Crippen MR) is 63.7 cm³/mol. The van der Waals surface area contributed by atoms with E-state index in [2.05, 4.69) is 0 Å². The van der Waals surface area contributed by atoms with Crippen molar-refractivity contribution in [1.29, 1.82) is 0 Å². The molecule has 3 N–H and O–H groups in total. The van der Waals surface area contributed by atoms with E-state index in [4.69, 9.17) is 10.8 Å². The zero-order valence-electron chi connectivity index (χ0n) is 10.00. The van der Waals surface area contributed by atoms with Gasteiger partial charge in [-0.2, -0.15) is 0 Å². The van der Waals surface area contributed by atoms with Crippen LogP contribution in [-0.2, 0) is 0 Å². The molecule has 0 saturated heterocycles. The van der Waals surface area contributed by atoms with Crippen LogP contribution in [0.3, 0.4) is 0 Å². The van der Waals surface area contributed by atoms with E-state index in [0.29, 0.717) is 12.0 Å². The summed E-state index contributed by atoms with van der Waals surface area (Å²) in [6.07, 6.45) is 2.16. The number of aliphatic hydroxyl groups is 1. The quantitative estimate of drug-likeness (QED) is 0.806. The molecule has 0 aliphatic rings. The molecule has 0 fully saturated rings. The van der Waals surface area contributed by atoms with Crippen LogP contribution in [0.5, 0.6) is 0 Å². The zero-order valence-corrected chi connectivity index (χ0v) is 10.00. The molecule has 0 heterocycles. The van der Waals surface area contributed by atoms with Gasteiger partial charge in [-0.3, -0.25) is 0 Å². The number of benzene rings is 1. The van der Waals surface area contributed by atoms with Crippen LogP contribution in [0.15, 0.2) is 18.2 Å². The van der Waals surface area contributed by atoms with E-state index < -0.39 is 11.6 Å². The molecule has 1 rings (SSSR count). The molecule has 0 aliphatic heterocycles.